The van der Waals surface area contributed by atoms with Crippen molar-refractivity contribution in [2.24, 2.45) is 0 Å². The molecule has 1 amide bonds. The third-order valence-electron chi connectivity index (χ3n) is 4.90. The number of sulfone groups is 1. The zero-order valence-corrected chi connectivity index (χ0v) is 16.1. The van der Waals surface area contributed by atoms with Gasteiger partial charge in [-0.2, -0.15) is 11.3 Å². The van der Waals surface area contributed by atoms with Crippen LogP contribution in [0.2, 0.25) is 0 Å². The van der Waals surface area contributed by atoms with E-state index in [0.717, 1.165) is 31.2 Å². The fraction of sp³-hybridized carbons (Fsp3) is 0.556. The molecule has 1 aliphatic heterocycles. The molecule has 6 nitrogen and oxygen atoms in total. The summed E-state index contributed by atoms with van der Waals surface area (Å²) in [5, 5.41) is 3.81. The summed E-state index contributed by atoms with van der Waals surface area (Å²) in [4.78, 5) is 26.2. The van der Waals surface area contributed by atoms with Gasteiger partial charge in [0.1, 0.15) is 0 Å². The lowest BCUT2D eigenvalue weighted by molar-refractivity contribution is -0.150. The van der Waals surface area contributed by atoms with Gasteiger partial charge < -0.3 is 9.64 Å². The first-order valence-electron chi connectivity index (χ1n) is 8.83. The minimum absolute atomic E-state index is 0.0151. The van der Waals surface area contributed by atoms with Crippen LogP contribution in [0.4, 0.5) is 0 Å². The van der Waals surface area contributed by atoms with Crippen LogP contribution in [0.3, 0.4) is 0 Å². The molecular weight excluding hydrogens is 374 g/mol. The summed E-state index contributed by atoms with van der Waals surface area (Å²) in [7, 11) is -3.08. The number of nitrogens with zero attached hydrogens (tertiary/aromatic N) is 1. The molecule has 0 N–H and O–H groups in total. The van der Waals surface area contributed by atoms with E-state index in [1.807, 2.05) is 16.8 Å². The van der Waals surface area contributed by atoms with Crippen LogP contribution in [0, 0.1) is 0 Å². The van der Waals surface area contributed by atoms with Crippen molar-refractivity contribution in [2.75, 3.05) is 18.1 Å². The smallest absolute Gasteiger partial charge is 0.331 e. The summed E-state index contributed by atoms with van der Waals surface area (Å²) in [5.74, 6) is -0.732. The van der Waals surface area contributed by atoms with Gasteiger partial charge in [-0.3, -0.25) is 4.79 Å². The van der Waals surface area contributed by atoms with E-state index in [0.29, 0.717) is 6.42 Å². The van der Waals surface area contributed by atoms with Crippen LogP contribution in [0.1, 0.15) is 37.7 Å². The van der Waals surface area contributed by atoms with Gasteiger partial charge in [0.05, 0.1) is 11.5 Å². The predicted octanol–water partition coefficient (Wildman–Crippen LogP) is 2.26. The lowest BCUT2D eigenvalue weighted by Crippen LogP contribution is -2.48. The van der Waals surface area contributed by atoms with Crippen molar-refractivity contribution in [3.63, 3.8) is 0 Å². The highest BCUT2D eigenvalue weighted by Gasteiger charge is 2.39. The molecule has 0 unspecified atom stereocenters. The summed E-state index contributed by atoms with van der Waals surface area (Å²) in [6.07, 6.45) is 7.25. The van der Waals surface area contributed by atoms with Crippen LogP contribution in [-0.4, -0.2) is 55.4 Å². The number of carbonyl (C=O) groups is 2. The molecule has 0 radical (unpaired) electrons. The Kier molecular flexibility index (Phi) is 6.13. The van der Waals surface area contributed by atoms with Crippen molar-refractivity contribution in [3.05, 3.63) is 28.5 Å². The third kappa shape index (κ3) is 4.94. The van der Waals surface area contributed by atoms with Gasteiger partial charge in [0.25, 0.3) is 5.91 Å². The second kappa shape index (κ2) is 8.35. The fourth-order valence-corrected chi connectivity index (χ4v) is 6.01. The first kappa shape index (κ1) is 19.1. The zero-order valence-electron chi connectivity index (χ0n) is 14.5. The van der Waals surface area contributed by atoms with E-state index in [2.05, 4.69) is 0 Å². The molecule has 142 valence electrons. The highest BCUT2D eigenvalue weighted by molar-refractivity contribution is 7.91. The standard InChI is InChI=1S/C18H23NO5S2/c20-17(11-24-18(21)6-5-14-7-9-25-12-14)19(15-3-1-2-4-15)16-8-10-26(22,23)13-16/h5-7,9,12,15-16H,1-4,8,10-11,13H2/b6-5+/t16-/m1/s1. The summed E-state index contributed by atoms with van der Waals surface area (Å²) < 4.78 is 28.7. The van der Waals surface area contributed by atoms with Gasteiger partial charge in [-0.05, 0) is 47.7 Å². The number of esters is 1. The van der Waals surface area contributed by atoms with Crippen LogP contribution in [0.25, 0.3) is 6.08 Å². The molecule has 1 aliphatic carbocycles. The van der Waals surface area contributed by atoms with Crippen LogP contribution in [-0.2, 0) is 24.2 Å². The number of amides is 1. The molecule has 0 bridgehead atoms. The number of rotatable bonds is 6. The second-order valence-corrected chi connectivity index (χ2v) is 9.80. The highest BCUT2D eigenvalue weighted by atomic mass is 32.2. The molecule has 1 atom stereocenters. The maximum absolute atomic E-state index is 12.7. The van der Waals surface area contributed by atoms with E-state index in [1.165, 1.54) is 17.4 Å². The summed E-state index contributed by atoms with van der Waals surface area (Å²) in [6, 6.07) is 1.64. The van der Waals surface area contributed by atoms with Gasteiger partial charge in [0, 0.05) is 18.2 Å². The van der Waals surface area contributed by atoms with Gasteiger partial charge in [0.15, 0.2) is 16.4 Å². The maximum atomic E-state index is 12.7. The van der Waals surface area contributed by atoms with E-state index >= 15 is 0 Å². The Balaban J connectivity index is 1.59. The number of carbonyl (C=O) groups excluding carboxylic acids is 2. The van der Waals surface area contributed by atoms with Gasteiger partial charge in [-0.25, -0.2) is 13.2 Å². The SMILES string of the molecule is O=C(/C=C/c1ccsc1)OCC(=O)N(C1CCCC1)[C@@H]1CCS(=O)(=O)C1. The van der Waals surface area contributed by atoms with Crippen molar-refractivity contribution in [1.82, 2.24) is 4.90 Å². The van der Waals surface area contributed by atoms with Gasteiger partial charge in [0.2, 0.25) is 0 Å². The molecule has 1 aromatic heterocycles. The Bertz CT molecular complexity index is 764. The molecular formula is C18H23NO5S2. The minimum atomic E-state index is -3.08. The Hall–Kier alpha value is -1.67. The Morgan fingerprint density at radius 3 is 2.62 bits per heavy atom. The topological polar surface area (TPSA) is 80.8 Å². The molecule has 3 rings (SSSR count). The Labute approximate surface area is 157 Å². The van der Waals surface area contributed by atoms with E-state index in [9.17, 15) is 18.0 Å². The van der Waals surface area contributed by atoms with Crippen molar-refractivity contribution >= 4 is 39.1 Å². The van der Waals surface area contributed by atoms with Crippen molar-refractivity contribution in [3.8, 4) is 0 Å². The fourth-order valence-electron chi connectivity index (χ4n) is 3.67. The van der Waals surface area contributed by atoms with Crippen molar-refractivity contribution < 1.29 is 22.7 Å². The highest BCUT2D eigenvalue weighted by Crippen LogP contribution is 2.29. The van der Waals surface area contributed by atoms with Crippen LogP contribution >= 0.6 is 11.3 Å². The maximum Gasteiger partial charge on any atom is 0.331 e. The largest absolute Gasteiger partial charge is 0.452 e. The number of thiophene rings is 1. The molecule has 0 spiro atoms. The summed E-state index contributed by atoms with van der Waals surface area (Å²) in [5.41, 5.74) is 0.905. The molecule has 1 saturated carbocycles. The zero-order chi connectivity index (χ0) is 18.6. The Morgan fingerprint density at radius 2 is 2.00 bits per heavy atom. The molecule has 2 heterocycles. The molecule has 2 aliphatic rings. The van der Waals surface area contributed by atoms with Crippen LogP contribution in [0.5, 0.6) is 0 Å². The first-order valence-corrected chi connectivity index (χ1v) is 11.6. The van der Waals surface area contributed by atoms with Crippen molar-refractivity contribution in [2.45, 2.75) is 44.2 Å². The lowest BCUT2D eigenvalue weighted by atomic mass is 10.1. The van der Waals surface area contributed by atoms with Crippen LogP contribution in [0.15, 0.2) is 22.9 Å². The van der Waals surface area contributed by atoms with E-state index in [-0.39, 0.29) is 36.1 Å². The monoisotopic (exact) mass is 397 g/mol. The van der Waals surface area contributed by atoms with E-state index < -0.39 is 15.8 Å². The quantitative estimate of drug-likeness (QED) is 0.543. The molecule has 1 aromatic rings. The number of hydrogen-bond donors (Lipinski definition) is 0. The van der Waals surface area contributed by atoms with E-state index in [4.69, 9.17) is 4.74 Å². The lowest BCUT2D eigenvalue weighted by Gasteiger charge is -2.33. The minimum Gasteiger partial charge on any atom is -0.452 e. The van der Waals surface area contributed by atoms with Gasteiger partial charge in [-0.1, -0.05) is 12.8 Å². The van der Waals surface area contributed by atoms with Gasteiger partial charge >= 0.3 is 5.97 Å². The molecule has 8 heteroatoms. The van der Waals surface area contributed by atoms with Gasteiger partial charge in [-0.15, -0.1) is 0 Å². The predicted molar refractivity (Wildman–Crippen MR) is 100 cm³/mol. The molecule has 1 saturated heterocycles. The normalized spacial score (nSPS) is 22.7. The summed E-state index contributed by atoms with van der Waals surface area (Å²) >= 11 is 1.53. The van der Waals surface area contributed by atoms with Crippen molar-refractivity contribution in [1.29, 1.82) is 0 Å². The van der Waals surface area contributed by atoms with E-state index in [1.54, 1.807) is 11.0 Å². The molecule has 26 heavy (non-hydrogen) atoms. The van der Waals surface area contributed by atoms with Crippen LogP contribution < -0.4 is 0 Å². The average Bonchev–Trinajstić information content (AvgIpc) is 3.34. The summed E-state index contributed by atoms with van der Waals surface area (Å²) in [6.45, 7) is -0.347. The average molecular weight is 398 g/mol. The number of hydrogen-bond acceptors (Lipinski definition) is 6. The third-order valence-corrected chi connectivity index (χ3v) is 7.35. The molecule has 0 aromatic carbocycles. The Morgan fingerprint density at radius 1 is 1.23 bits per heavy atom. The first-order chi connectivity index (χ1) is 12.4. The second-order valence-electron chi connectivity index (χ2n) is 6.79. The molecule has 2 fully saturated rings. The number of ether oxygens (including phenoxy) is 1.